The molecule has 0 amide bonds. The number of hydrogen-bond donors (Lipinski definition) is 1. The Morgan fingerprint density at radius 1 is 1.32 bits per heavy atom. The van der Waals surface area contributed by atoms with Crippen molar-refractivity contribution in [2.45, 2.75) is 26.2 Å². The Morgan fingerprint density at radius 2 is 2.16 bits per heavy atom. The van der Waals surface area contributed by atoms with E-state index in [1.54, 1.807) is 0 Å². The second-order valence-corrected chi connectivity index (χ2v) is 10.1. The maximum absolute atomic E-state index is 11.7. The molecular weight excluding hydrogens is 338 g/mol. The summed E-state index contributed by atoms with van der Waals surface area (Å²) in [6.07, 6.45) is 3.11. The molecule has 0 aromatic rings. The zero-order valence-corrected chi connectivity index (χ0v) is 16.1. The number of aliphatic imine (C=N–C) groups is 1. The van der Waals surface area contributed by atoms with Gasteiger partial charge in [0.1, 0.15) is 0 Å². The standard InChI is InChI=1S/C18H31N3O3S/c1-14(2)9-19-18(20-10-15-5-8-25(22,23)13-15)21-6-3-16(11-21)17-4-7-24-12-17/h15-17H,1,3-13H2,2H3,(H,19,20). The van der Waals surface area contributed by atoms with E-state index in [2.05, 4.69) is 16.8 Å². The fraction of sp³-hybridized carbons (Fsp3) is 0.833. The fourth-order valence-electron chi connectivity index (χ4n) is 4.04. The van der Waals surface area contributed by atoms with Crippen LogP contribution in [0.3, 0.4) is 0 Å². The molecule has 7 heteroatoms. The minimum absolute atomic E-state index is 0.196. The first-order valence-corrected chi connectivity index (χ1v) is 11.2. The van der Waals surface area contributed by atoms with Crippen molar-refractivity contribution in [3.63, 3.8) is 0 Å². The molecule has 0 radical (unpaired) electrons. The number of rotatable bonds is 5. The number of ether oxygens (including phenoxy) is 1. The molecule has 25 heavy (non-hydrogen) atoms. The molecule has 3 aliphatic heterocycles. The number of nitrogens with one attached hydrogen (secondary N) is 1. The van der Waals surface area contributed by atoms with Gasteiger partial charge in [-0.25, -0.2) is 13.4 Å². The van der Waals surface area contributed by atoms with Crippen molar-refractivity contribution in [3.05, 3.63) is 12.2 Å². The molecule has 0 bridgehead atoms. The van der Waals surface area contributed by atoms with Crippen LogP contribution in [0.25, 0.3) is 0 Å². The number of likely N-dealkylation sites (tertiary alicyclic amines) is 1. The van der Waals surface area contributed by atoms with E-state index in [1.165, 1.54) is 12.8 Å². The summed E-state index contributed by atoms with van der Waals surface area (Å²) in [5.74, 6) is 3.08. The molecule has 142 valence electrons. The lowest BCUT2D eigenvalue weighted by atomic mass is 9.91. The molecule has 3 unspecified atom stereocenters. The zero-order valence-electron chi connectivity index (χ0n) is 15.2. The zero-order chi connectivity index (χ0) is 17.9. The maximum Gasteiger partial charge on any atom is 0.194 e. The molecule has 0 aromatic carbocycles. The Morgan fingerprint density at radius 3 is 2.80 bits per heavy atom. The minimum Gasteiger partial charge on any atom is -0.381 e. The molecule has 3 rings (SSSR count). The molecule has 0 aromatic heterocycles. The van der Waals surface area contributed by atoms with Crippen molar-refractivity contribution in [2.75, 3.05) is 50.9 Å². The summed E-state index contributed by atoms with van der Waals surface area (Å²) in [5.41, 5.74) is 1.03. The van der Waals surface area contributed by atoms with Gasteiger partial charge in [0.2, 0.25) is 0 Å². The Labute approximate surface area is 151 Å². The molecule has 3 heterocycles. The molecule has 3 atom stereocenters. The number of nitrogens with zero attached hydrogens (tertiary/aromatic N) is 2. The van der Waals surface area contributed by atoms with Gasteiger partial charge in [-0.3, -0.25) is 0 Å². The summed E-state index contributed by atoms with van der Waals surface area (Å²) in [5, 5.41) is 3.45. The summed E-state index contributed by atoms with van der Waals surface area (Å²) in [7, 11) is -2.83. The van der Waals surface area contributed by atoms with Crippen molar-refractivity contribution in [1.29, 1.82) is 0 Å². The Bertz CT molecular complexity index is 611. The molecule has 0 aliphatic carbocycles. The van der Waals surface area contributed by atoms with Crippen LogP contribution in [0.15, 0.2) is 17.1 Å². The van der Waals surface area contributed by atoms with Crippen molar-refractivity contribution < 1.29 is 13.2 Å². The summed E-state index contributed by atoms with van der Waals surface area (Å²) < 4.78 is 28.9. The highest BCUT2D eigenvalue weighted by Crippen LogP contribution is 2.30. The lowest BCUT2D eigenvalue weighted by Crippen LogP contribution is -2.42. The summed E-state index contributed by atoms with van der Waals surface area (Å²) in [6.45, 7) is 11.0. The Balaban J connectivity index is 1.57. The van der Waals surface area contributed by atoms with Gasteiger partial charge < -0.3 is 15.0 Å². The van der Waals surface area contributed by atoms with E-state index in [-0.39, 0.29) is 5.92 Å². The molecule has 6 nitrogen and oxygen atoms in total. The van der Waals surface area contributed by atoms with Gasteiger partial charge in [0.15, 0.2) is 15.8 Å². The minimum atomic E-state index is -2.83. The monoisotopic (exact) mass is 369 g/mol. The summed E-state index contributed by atoms with van der Waals surface area (Å²) in [4.78, 5) is 7.04. The van der Waals surface area contributed by atoms with E-state index in [0.717, 1.165) is 44.3 Å². The average molecular weight is 370 g/mol. The molecule has 3 fully saturated rings. The largest absolute Gasteiger partial charge is 0.381 e. The van der Waals surface area contributed by atoms with E-state index in [9.17, 15) is 8.42 Å². The first-order chi connectivity index (χ1) is 11.9. The van der Waals surface area contributed by atoms with E-state index in [0.29, 0.717) is 36.4 Å². The van der Waals surface area contributed by atoms with Crippen molar-refractivity contribution in [1.82, 2.24) is 10.2 Å². The molecule has 3 saturated heterocycles. The highest BCUT2D eigenvalue weighted by Gasteiger charge is 2.34. The van der Waals surface area contributed by atoms with Crippen LogP contribution in [-0.4, -0.2) is 70.2 Å². The third kappa shape index (κ3) is 5.20. The third-order valence-corrected chi connectivity index (χ3v) is 7.37. The van der Waals surface area contributed by atoms with E-state index >= 15 is 0 Å². The second-order valence-electron chi connectivity index (χ2n) is 7.87. The summed E-state index contributed by atoms with van der Waals surface area (Å²) >= 11 is 0. The van der Waals surface area contributed by atoms with Crippen molar-refractivity contribution in [3.8, 4) is 0 Å². The van der Waals surface area contributed by atoms with Crippen molar-refractivity contribution in [2.24, 2.45) is 22.7 Å². The Hall–Kier alpha value is -1.08. The molecule has 1 N–H and O–H groups in total. The van der Waals surface area contributed by atoms with Gasteiger partial charge >= 0.3 is 0 Å². The molecule has 0 spiro atoms. The van der Waals surface area contributed by atoms with Gasteiger partial charge in [0, 0.05) is 32.8 Å². The fourth-order valence-corrected chi connectivity index (χ4v) is 5.90. The third-order valence-electron chi connectivity index (χ3n) is 5.53. The quantitative estimate of drug-likeness (QED) is 0.449. The SMILES string of the molecule is C=C(C)CN=C(NCC1CCS(=O)(=O)C1)N1CCC(C2CCOC2)C1. The second kappa shape index (κ2) is 8.08. The van der Waals surface area contributed by atoms with Crippen LogP contribution in [0.1, 0.15) is 26.2 Å². The maximum atomic E-state index is 11.7. The lowest BCUT2D eigenvalue weighted by molar-refractivity contribution is 0.173. The van der Waals surface area contributed by atoms with Gasteiger partial charge in [-0.1, -0.05) is 12.2 Å². The van der Waals surface area contributed by atoms with Crippen LogP contribution in [0.4, 0.5) is 0 Å². The highest BCUT2D eigenvalue weighted by atomic mass is 32.2. The van der Waals surface area contributed by atoms with Crippen LogP contribution < -0.4 is 5.32 Å². The molecular formula is C18H31N3O3S. The number of sulfone groups is 1. The average Bonchev–Trinajstić information content (AvgIpc) is 3.26. The first-order valence-electron chi connectivity index (χ1n) is 9.39. The van der Waals surface area contributed by atoms with Gasteiger partial charge in [-0.2, -0.15) is 0 Å². The van der Waals surface area contributed by atoms with Crippen LogP contribution in [0, 0.1) is 17.8 Å². The van der Waals surface area contributed by atoms with E-state index in [4.69, 9.17) is 9.73 Å². The van der Waals surface area contributed by atoms with Gasteiger partial charge in [0.05, 0.1) is 18.1 Å². The Kier molecular flexibility index (Phi) is 6.04. The van der Waals surface area contributed by atoms with Gasteiger partial charge in [-0.05, 0) is 43.9 Å². The predicted octanol–water partition coefficient (Wildman–Crippen LogP) is 1.30. The smallest absolute Gasteiger partial charge is 0.194 e. The number of hydrogen-bond acceptors (Lipinski definition) is 4. The topological polar surface area (TPSA) is 71.0 Å². The predicted molar refractivity (Wildman–Crippen MR) is 100 cm³/mol. The van der Waals surface area contributed by atoms with Crippen LogP contribution in [-0.2, 0) is 14.6 Å². The van der Waals surface area contributed by atoms with Gasteiger partial charge in [0.25, 0.3) is 0 Å². The number of guanidine groups is 1. The van der Waals surface area contributed by atoms with Crippen LogP contribution in [0.5, 0.6) is 0 Å². The van der Waals surface area contributed by atoms with Crippen molar-refractivity contribution >= 4 is 15.8 Å². The molecule has 0 saturated carbocycles. The van der Waals surface area contributed by atoms with Crippen LogP contribution in [0.2, 0.25) is 0 Å². The van der Waals surface area contributed by atoms with E-state index < -0.39 is 9.84 Å². The molecule has 3 aliphatic rings. The van der Waals surface area contributed by atoms with Gasteiger partial charge in [-0.15, -0.1) is 0 Å². The van der Waals surface area contributed by atoms with Crippen LogP contribution >= 0.6 is 0 Å². The van der Waals surface area contributed by atoms with E-state index in [1.807, 2.05) is 6.92 Å². The summed E-state index contributed by atoms with van der Waals surface area (Å²) in [6, 6.07) is 0. The highest BCUT2D eigenvalue weighted by molar-refractivity contribution is 7.91. The first kappa shape index (κ1) is 18.7. The normalized spacial score (nSPS) is 32.3. The lowest BCUT2D eigenvalue weighted by Gasteiger charge is -2.24.